The molecule has 1 aliphatic rings. The average Bonchev–Trinajstić information content (AvgIpc) is 2.38. The Balaban J connectivity index is 2.42. The molecule has 2 unspecified atom stereocenters. The maximum absolute atomic E-state index is 5.68. The van der Waals surface area contributed by atoms with E-state index in [4.69, 9.17) is 4.74 Å². The summed E-state index contributed by atoms with van der Waals surface area (Å²) in [6.45, 7) is 13.4. The van der Waals surface area contributed by atoms with Crippen LogP contribution in [0.25, 0.3) is 0 Å². The molecule has 1 N–H and O–H groups in total. The highest BCUT2D eigenvalue weighted by Crippen LogP contribution is 2.17. The molecule has 3 nitrogen and oxygen atoms in total. The minimum atomic E-state index is 0.662. The number of ether oxygens (including phenoxy) is 1. The zero-order valence-electron chi connectivity index (χ0n) is 12.6. The van der Waals surface area contributed by atoms with E-state index in [2.05, 4.69) is 31.0 Å². The van der Waals surface area contributed by atoms with Gasteiger partial charge in [-0.2, -0.15) is 0 Å². The number of hydrogen-bond acceptors (Lipinski definition) is 3. The average molecular weight is 256 g/mol. The lowest BCUT2D eigenvalue weighted by Crippen LogP contribution is -2.48. The van der Waals surface area contributed by atoms with Crippen molar-refractivity contribution >= 4 is 0 Å². The van der Waals surface area contributed by atoms with Crippen molar-refractivity contribution in [3.05, 3.63) is 0 Å². The monoisotopic (exact) mass is 256 g/mol. The first-order chi connectivity index (χ1) is 8.81. The topological polar surface area (TPSA) is 24.5 Å². The zero-order chi connectivity index (χ0) is 13.2. The van der Waals surface area contributed by atoms with Gasteiger partial charge in [-0.25, -0.2) is 0 Å². The fraction of sp³-hybridized carbons (Fsp3) is 1.00. The summed E-state index contributed by atoms with van der Waals surface area (Å²) in [4.78, 5) is 2.61. The van der Waals surface area contributed by atoms with Crippen LogP contribution in [0.4, 0.5) is 0 Å². The Bertz CT molecular complexity index is 193. The van der Waals surface area contributed by atoms with Gasteiger partial charge in [0.05, 0.1) is 6.61 Å². The van der Waals surface area contributed by atoms with E-state index >= 15 is 0 Å². The standard InChI is InChI=1S/C15H32N2O/c1-4-8-16-15-7-11-18-13-14(15)12-17(9-5-2)10-6-3/h14-16H,4-13H2,1-3H3. The molecule has 1 fully saturated rings. The van der Waals surface area contributed by atoms with Gasteiger partial charge in [0, 0.05) is 25.1 Å². The Morgan fingerprint density at radius 2 is 1.83 bits per heavy atom. The predicted molar refractivity (Wildman–Crippen MR) is 78.0 cm³/mol. The van der Waals surface area contributed by atoms with Crippen molar-refractivity contribution in [1.29, 1.82) is 0 Å². The lowest BCUT2D eigenvalue weighted by Gasteiger charge is -2.36. The first-order valence-corrected chi connectivity index (χ1v) is 7.85. The molecule has 108 valence electrons. The summed E-state index contributed by atoms with van der Waals surface area (Å²) in [7, 11) is 0. The molecule has 0 saturated carbocycles. The van der Waals surface area contributed by atoms with Gasteiger partial charge in [-0.3, -0.25) is 0 Å². The smallest absolute Gasteiger partial charge is 0.0521 e. The Kier molecular flexibility index (Phi) is 8.64. The van der Waals surface area contributed by atoms with Crippen molar-refractivity contribution in [3.8, 4) is 0 Å². The second-order valence-electron chi connectivity index (χ2n) is 5.48. The third kappa shape index (κ3) is 5.68. The Morgan fingerprint density at radius 3 is 2.44 bits per heavy atom. The molecule has 0 aromatic heterocycles. The Labute approximate surface area is 113 Å². The van der Waals surface area contributed by atoms with Crippen LogP contribution in [0.2, 0.25) is 0 Å². The fourth-order valence-corrected chi connectivity index (χ4v) is 2.83. The molecule has 1 aliphatic heterocycles. The summed E-state index contributed by atoms with van der Waals surface area (Å²) < 4.78 is 5.68. The number of hydrogen-bond donors (Lipinski definition) is 1. The molecule has 3 heteroatoms. The van der Waals surface area contributed by atoms with Crippen molar-refractivity contribution in [2.75, 3.05) is 39.4 Å². The Hall–Kier alpha value is -0.120. The van der Waals surface area contributed by atoms with E-state index in [9.17, 15) is 0 Å². The van der Waals surface area contributed by atoms with Crippen molar-refractivity contribution in [2.24, 2.45) is 5.92 Å². The van der Waals surface area contributed by atoms with Crippen LogP contribution in [0.5, 0.6) is 0 Å². The highest BCUT2D eigenvalue weighted by molar-refractivity contribution is 4.82. The first-order valence-electron chi connectivity index (χ1n) is 7.85. The maximum Gasteiger partial charge on any atom is 0.0521 e. The number of nitrogens with one attached hydrogen (secondary N) is 1. The van der Waals surface area contributed by atoms with Crippen LogP contribution < -0.4 is 5.32 Å². The third-order valence-corrected chi connectivity index (χ3v) is 3.70. The van der Waals surface area contributed by atoms with E-state index in [0.717, 1.165) is 19.8 Å². The van der Waals surface area contributed by atoms with Gasteiger partial charge >= 0.3 is 0 Å². The fourth-order valence-electron chi connectivity index (χ4n) is 2.83. The highest BCUT2D eigenvalue weighted by Gasteiger charge is 2.26. The van der Waals surface area contributed by atoms with Crippen LogP contribution in [0.1, 0.15) is 46.5 Å². The molecule has 0 spiro atoms. The summed E-state index contributed by atoms with van der Waals surface area (Å²) in [6.07, 6.45) is 4.90. The van der Waals surface area contributed by atoms with Crippen LogP contribution in [0, 0.1) is 5.92 Å². The number of nitrogens with zero attached hydrogens (tertiary/aromatic N) is 1. The molecule has 1 saturated heterocycles. The van der Waals surface area contributed by atoms with Crippen LogP contribution in [-0.2, 0) is 4.74 Å². The van der Waals surface area contributed by atoms with Crippen LogP contribution in [0.15, 0.2) is 0 Å². The van der Waals surface area contributed by atoms with E-state index in [-0.39, 0.29) is 0 Å². The van der Waals surface area contributed by atoms with Crippen molar-refractivity contribution in [3.63, 3.8) is 0 Å². The van der Waals surface area contributed by atoms with Gasteiger partial charge in [-0.15, -0.1) is 0 Å². The summed E-state index contributed by atoms with van der Waals surface area (Å²) >= 11 is 0. The normalized spacial score (nSPS) is 24.7. The molecule has 0 aromatic rings. The minimum absolute atomic E-state index is 0.662. The van der Waals surface area contributed by atoms with Crippen LogP contribution >= 0.6 is 0 Å². The zero-order valence-corrected chi connectivity index (χ0v) is 12.6. The third-order valence-electron chi connectivity index (χ3n) is 3.70. The van der Waals surface area contributed by atoms with Crippen LogP contribution in [0.3, 0.4) is 0 Å². The minimum Gasteiger partial charge on any atom is -0.381 e. The van der Waals surface area contributed by atoms with Crippen LogP contribution in [-0.4, -0.2) is 50.3 Å². The first kappa shape index (κ1) is 15.9. The summed E-state index contributed by atoms with van der Waals surface area (Å²) in [6, 6.07) is 0.662. The second kappa shape index (κ2) is 9.76. The molecule has 1 rings (SSSR count). The van der Waals surface area contributed by atoms with Gasteiger partial charge < -0.3 is 15.0 Å². The molecule has 1 heterocycles. The van der Waals surface area contributed by atoms with E-state index in [1.807, 2.05) is 0 Å². The molecule has 0 amide bonds. The second-order valence-corrected chi connectivity index (χ2v) is 5.48. The van der Waals surface area contributed by atoms with Gasteiger partial charge in [0.1, 0.15) is 0 Å². The van der Waals surface area contributed by atoms with E-state index in [0.29, 0.717) is 12.0 Å². The Morgan fingerprint density at radius 1 is 1.11 bits per heavy atom. The van der Waals surface area contributed by atoms with Gasteiger partial charge in [0.2, 0.25) is 0 Å². The summed E-state index contributed by atoms with van der Waals surface area (Å²) in [5.41, 5.74) is 0. The summed E-state index contributed by atoms with van der Waals surface area (Å²) in [5.74, 6) is 0.670. The van der Waals surface area contributed by atoms with Gasteiger partial charge in [0.25, 0.3) is 0 Å². The van der Waals surface area contributed by atoms with E-state index in [1.54, 1.807) is 0 Å². The maximum atomic E-state index is 5.68. The molecule has 0 radical (unpaired) electrons. The molecular formula is C15H32N2O. The molecular weight excluding hydrogens is 224 g/mol. The molecule has 2 atom stereocenters. The quantitative estimate of drug-likeness (QED) is 0.686. The van der Waals surface area contributed by atoms with E-state index in [1.165, 1.54) is 45.3 Å². The van der Waals surface area contributed by atoms with Crippen molar-refractivity contribution in [1.82, 2.24) is 10.2 Å². The summed E-state index contributed by atoms with van der Waals surface area (Å²) in [5, 5.41) is 3.70. The van der Waals surface area contributed by atoms with Crippen molar-refractivity contribution in [2.45, 2.75) is 52.5 Å². The molecule has 0 bridgehead atoms. The lowest BCUT2D eigenvalue weighted by atomic mass is 9.94. The van der Waals surface area contributed by atoms with Gasteiger partial charge in [-0.05, 0) is 45.3 Å². The van der Waals surface area contributed by atoms with Gasteiger partial charge in [-0.1, -0.05) is 20.8 Å². The predicted octanol–water partition coefficient (Wildman–Crippen LogP) is 2.51. The molecule has 0 aromatic carbocycles. The molecule has 0 aliphatic carbocycles. The highest BCUT2D eigenvalue weighted by atomic mass is 16.5. The number of rotatable bonds is 9. The largest absolute Gasteiger partial charge is 0.381 e. The van der Waals surface area contributed by atoms with E-state index < -0.39 is 0 Å². The van der Waals surface area contributed by atoms with Gasteiger partial charge in [0.15, 0.2) is 0 Å². The lowest BCUT2D eigenvalue weighted by molar-refractivity contribution is 0.0166. The van der Waals surface area contributed by atoms with Crippen molar-refractivity contribution < 1.29 is 4.74 Å². The molecule has 18 heavy (non-hydrogen) atoms. The SMILES string of the molecule is CCCNC1CCOCC1CN(CCC)CCC.